The molecule has 1 atom stereocenters. The topological polar surface area (TPSA) is 79.2 Å². The van der Waals surface area contributed by atoms with Gasteiger partial charge < -0.3 is 9.84 Å². The number of amides is 1. The summed E-state index contributed by atoms with van der Waals surface area (Å²) in [7, 11) is 0. The molecule has 1 aromatic rings. The molecule has 1 amide bonds. The lowest BCUT2D eigenvalue weighted by Crippen LogP contribution is -2.40. The first-order valence-corrected chi connectivity index (χ1v) is 6.59. The van der Waals surface area contributed by atoms with Crippen molar-refractivity contribution in [3.63, 3.8) is 0 Å². The van der Waals surface area contributed by atoms with Crippen LogP contribution in [0.25, 0.3) is 0 Å². The highest BCUT2D eigenvalue weighted by Gasteiger charge is 2.30. The van der Waals surface area contributed by atoms with E-state index in [9.17, 15) is 14.0 Å². The molecule has 0 spiro atoms. The van der Waals surface area contributed by atoms with Gasteiger partial charge in [0.15, 0.2) is 0 Å². The van der Waals surface area contributed by atoms with Crippen LogP contribution in [0.3, 0.4) is 0 Å². The summed E-state index contributed by atoms with van der Waals surface area (Å²) in [6.07, 6.45) is 0.387. The van der Waals surface area contributed by atoms with Crippen molar-refractivity contribution in [1.82, 2.24) is 5.01 Å². The van der Waals surface area contributed by atoms with Crippen molar-refractivity contribution < 1.29 is 23.8 Å². The highest BCUT2D eigenvalue weighted by atomic mass is 19.1. The van der Waals surface area contributed by atoms with E-state index < -0.39 is 5.97 Å². The van der Waals surface area contributed by atoms with Crippen LogP contribution >= 0.6 is 0 Å². The Labute approximate surface area is 119 Å². The van der Waals surface area contributed by atoms with Gasteiger partial charge in [0.1, 0.15) is 23.4 Å². The van der Waals surface area contributed by atoms with Gasteiger partial charge in [-0.3, -0.25) is 4.79 Å². The summed E-state index contributed by atoms with van der Waals surface area (Å²) in [5.41, 5.74) is 0.711. The molecular formula is C14H13FN2O4. The number of ether oxygens (including phenoxy) is 1. The van der Waals surface area contributed by atoms with Gasteiger partial charge in [-0.05, 0) is 18.2 Å². The fourth-order valence-corrected chi connectivity index (χ4v) is 2.48. The Morgan fingerprint density at radius 2 is 2.29 bits per heavy atom. The number of hydrogen-bond donors (Lipinski definition) is 1. The van der Waals surface area contributed by atoms with E-state index in [1.807, 2.05) is 0 Å². The van der Waals surface area contributed by atoms with Gasteiger partial charge in [-0.15, -0.1) is 0 Å². The second-order valence-electron chi connectivity index (χ2n) is 5.02. The van der Waals surface area contributed by atoms with E-state index in [1.54, 1.807) is 6.07 Å². The van der Waals surface area contributed by atoms with Crippen molar-refractivity contribution in [2.75, 3.05) is 6.54 Å². The monoisotopic (exact) mass is 292 g/mol. The Morgan fingerprint density at radius 3 is 3.05 bits per heavy atom. The SMILES string of the molecule is O=C(O)C1=NN(CC2Cc3cc(F)ccc3O2)C(=O)CC1. The van der Waals surface area contributed by atoms with Crippen LogP contribution in [0.15, 0.2) is 23.3 Å². The van der Waals surface area contributed by atoms with Crippen molar-refractivity contribution in [3.05, 3.63) is 29.6 Å². The Morgan fingerprint density at radius 1 is 1.48 bits per heavy atom. The van der Waals surface area contributed by atoms with Gasteiger partial charge in [-0.25, -0.2) is 14.2 Å². The van der Waals surface area contributed by atoms with E-state index in [0.717, 1.165) is 10.6 Å². The Bertz CT molecular complexity index is 644. The first-order valence-electron chi connectivity index (χ1n) is 6.59. The van der Waals surface area contributed by atoms with Crippen LogP contribution in [0.5, 0.6) is 5.75 Å². The van der Waals surface area contributed by atoms with Gasteiger partial charge >= 0.3 is 5.97 Å². The van der Waals surface area contributed by atoms with Crippen LogP contribution in [0.4, 0.5) is 4.39 Å². The van der Waals surface area contributed by atoms with E-state index in [4.69, 9.17) is 9.84 Å². The number of aliphatic carboxylic acids is 1. The van der Waals surface area contributed by atoms with E-state index >= 15 is 0 Å². The van der Waals surface area contributed by atoms with E-state index in [1.165, 1.54) is 12.1 Å². The summed E-state index contributed by atoms with van der Waals surface area (Å²) in [5, 5.41) is 13.9. The fraction of sp³-hybridized carbons (Fsp3) is 0.357. The molecule has 1 aromatic carbocycles. The number of halogens is 1. The number of benzene rings is 1. The van der Waals surface area contributed by atoms with Gasteiger partial charge in [-0.1, -0.05) is 0 Å². The molecule has 0 saturated carbocycles. The first-order chi connectivity index (χ1) is 10.0. The molecule has 110 valence electrons. The Balaban J connectivity index is 1.72. The van der Waals surface area contributed by atoms with Crippen LogP contribution < -0.4 is 4.74 Å². The lowest BCUT2D eigenvalue weighted by Gasteiger charge is -2.24. The fourth-order valence-electron chi connectivity index (χ4n) is 2.48. The van der Waals surface area contributed by atoms with Crippen LogP contribution in [0.2, 0.25) is 0 Å². The Hall–Kier alpha value is -2.44. The average Bonchev–Trinajstić information content (AvgIpc) is 2.82. The third kappa shape index (κ3) is 2.72. The van der Waals surface area contributed by atoms with Crippen molar-refractivity contribution in [2.45, 2.75) is 25.4 Å². The second-order valence-corrected chi connectivity index (χ2v) is 5.02. The molecule has 0 fully saturated rings. The molecule has 0 aliphatic carbocycles. The molecule has 1 unspecified atom stereocenters. The summed E-state index contributed by atoms with van der Waals surface area (Å²) in [6, 6.07) is 4.27. The maximum atomic E-state index is 13.1. The van der Waals surface area contributed by atoms with Crippen molar-refractivity contribution in [3.8, 4) is 5.75 Å². The van der Waals surface area contributed by atoms with Gasteiger partial charge in [-0.2, -0.15) is 5.10 Å². The maximum absolute atomic E-state index is 13.1. The zero-order chi connectivity index (χ0) is 15.0. The molecule has 2 aliphatic heterocycles. The van der Waals surface area contributed by atoms with Crippen LogP contribution in [0, 0.1) is 5.82 Å². The maximum Gasteiger partial charge on any atom is 0.352 e. The summed E-state index contributed by atoms with van der Waals surface area (Å²) in [5.74, 6) is -1.09. The van der Waals surface area contributed by atoms with Crippen LogP contribution in [0.1, 0.15) is 18.4 Å². The molecule has 0 radical (unpaired) electrons. The molecule has 21 heavy (non-hydrogen) atoms. The quantitative estimate of drug-likeness (QED) is 0.907. The highest BCUT2D eigenvalue weighted by molar-refractivity contribution is 6.36. The number of nitrogens with zero attached hydrogens (tertiary/aromatic N) is 2. The van der Waals surface area contributed by atoms with E-state index in [-0.39, 0.29) is 42.9 Å². The lowest BCUT2D eigenvalue weighted by atomic mass is 10.1. The number of carboxylic acid groups (broad SMARTS) is 1. The highest BCUT2D eigenvalue weighted by Crippen LogP contribution is 2.30. The molecule has 3 rings (SSSR count). The number of fused-ring (bicyclic) bond motifs is 1. The molecule has 7 heteroatoms. The molecule has 0 bridgehead atoms. The van der Waals surface area contributed by atoms with Crippen LogP contribution in [-0.4, -0.2) is 40.4 Å². The number of carbonyl (C=O) groups is 2. The lowest BCUT2D eigenvalue weighted by molar-refractivity contribution is -0.133. The zero-order valence-corrected chi connectivity index (χ0v) is 11.1. The van der Waals surface area contributed by atoms with Crippen molar-refractivity contribution in [2.24, 2.45) is 5.10 Å². The predicted octanol–water partition coefficient (Wildman–Crippen LogP) is 1.19. The van der Waals surface area contributed by atoms with Crippen molar-refractivity contribution >= 4 is 17.6 Å². The largest absolute Gasteiger partial charge is 0.488 e. The number of carboxylic acids is 1. The third-order valence-corrected chi connectivity index (χ3v) is 3.49. The summed E-state index contributed by atoms with van der Waals surface area (Å²) < 4.78 is 18.8. The number of rotatable bonds is 3. The minimum atomic E-state index is -1.12. The first kappa shape index (κ1) is 13.5. The van der Waals surface area contributed by atoms with Crippen molar-refractivity contribution in [1.29, 1.82) is 0 Å². The predicted molar refractivity (Wildman–Crippen MR) is 70.5 cm³/mol. The molecule has 0 saturated heterocycles. The minimum absolute atomic E-state index is 0.0313. The van der Waals surface area contributed by atoms with Gasteiger partial charge in [0.05, 0.1) is 6.54 Å². The molecule has 2 heterocycles. The number of hydrazone groups is 1. The molecule has 0 aromatic heterocycles. The average molecular weight is 292 g/mol. The molecule has 2 aliphatic rings. The summed E-state index contributed by atoms with van der Waals surface area (Å²) in [6.45, 7) is 0.159. The second kappa shape index (κ2) is 5.16. The van der Waals surface area contributed by atoms with Crippen LogP contribution in [-0.2, 0) is 16.0 Å². The van der Waals surface area contributed by atoms with Gasteiger partial charge in [0.25, 0.3) is 0 Å². The standard InChI is InChI=1S/C14H13FN2O4/c15-9-1-3-12-8(5-9)6-10(21-12)7-17-13(18)4-2-11(16-17)14(19)20/h1,3,5,10H,2,4,6-7H2,(H,19,20). The normalized spacial score (nSPS) is 20.8. The minimum Gasteiger partial charge on any atom is -0.488 e. The molecule has 6 nitrogen and oxygen atoms in total. The molecular weight excluding hydrogens is 279 g/mol. The van der Waals surface area contributed by atoms with E-state index in [0.29, 0.717) is 12.2 Å². The zero-order valence-electron chi connectivity index (χ0n) is 11.1. The van der Waals surface area contributed by atoms with Gasteiger partial charge in [0, 0.05) is 24.8 Å². The van der Waals surface area contributed by atoms with E-state index in [2.05, 4.69) is 5.10 Å². The number of hydrogen-bond acceptors (Lipinski definition) is 4. The van der Waals surface area contributed by atoms with Gasteiger partial charge in [0.2, 0.25) is 5.91 Å². The smallest absolute Gasteiger partial charge is 0.352 e. The summed E-state index contributed by atoms with van der Waals surface area (Å²) in [4.78, 5) is 22.7. The number of carbonyl (C=O) groups excluding carboxylic acids is 1. The Kier molecular flexibility index (Phi) is 3.32. The molecule has 1 N–H and O–H groups in total. The summed E-state index contributed by atoms with van der Waals surface area (Å²) >= 11 is 0. The third-order valence-electron chi connectivity index (χ3n) is 3.49.